The number of piperazine rings is 1. The highest BCUT2D eigenvalue weighted by Crippen LogP contribution is 2.47. The molecule has 0 spiro atoms. The molecular weight excluding hydrogens is 634 g/mol. The van der Waals surface area contributed by atoms with E-state index < -0.39 is 23.8 Å². The van der Waals surface area contributed by atoms with Gasteiger partial charge in [0.1, 0.15) is 11.8 Å². The van der Waals surface area contributed by atoms with E-state index in [1.165, 1.54) is 36.9 Å². The largest absolute Gasteiger partial charge is 0.495 e. The third-order valence-electron chi connectivity index (χ3n) is 12.0. The highest BCUT2D eigenvalue weighted by molar-refractivity contribution is 6.23. The number of anilines is 3. The number of rotatable bonds is 8. The number of amides is 4. The van der Waals surface area contributed by atoms with E-state index in [-0.39, 0.29) is 18.7 Å². The third kappa shape index (κ3) is 6.32. The Morgan fingerprint density at radius 2 is 1.48 bits per heavy atom. The molecule has 2 aromatic rings. The molecule has 1 unspecified atom stereocenters. The van der Waals surface area contributed by atoms with Gasteiger partial charge in [-0.25, -0.2) is 0 Å². The number of ether oxygens (including phenoxy) is 1. The van der Waals surface area contributed by atoms with Crippen molar-refractivity contribution >= 4 is 40.7 Å². The first-order valence-corrected chi connectivity index (χ1v) is 18.6. The molecule has 12 heteroatoms. The average Bonchev–Trinajstić information content (AvgIpc) is 3.95. The highest BCUT2D eigenvalue weighted by Gasteiger charge is 2.45. The summed E-state index contributed by atoms with van der Waals surface area (Å²) in [7, 11) is 1.70. The normalized spacial score (nSPS) is 24.6. The molecule has 5 heterocycles. The Morgan fingerprint density at radius 1 is 0.780 bits per heavy atom. The Balaban J connectivity index is 0.797. The van der Waals surface area contributed by atoms with Crippen LogP contribution in [0.1, 0.15) is 83.6 Å². The number of imide groups is 2. The summed E-state index contributed by atoms with van der Waals surface area (Å²) in [6.07, 6.45) is 7.34. The van der Waals surface area contributed by atoms with E-state index >= 15 is 0 Å². The van der Waals surface area contributed by atoms with Gasteiger partial charge < -0.3 is 25.2 Å². The van der Waals surface area contributed by atoms with Crippen molar-refractivity contribution in [1.82, 2.24) is 20.0 Å². The molecule has 2 aromatic carbocycles. The maximum absolute atomic E-state index is 13.3. The summed E-state index contributed by atoms with van der Waals surface area (Å²) < 4.78 is 5.58. The molecule has 266 valence electrons. The fraction of sp³-hybridized carbons (Fsp3) is 0.579. The SMILES string of the molecule is COc1cc(N2CCC(N3CCN(CC4CCN(c5ccc6c(c5)C(=O)N(C5CCC(=O)NC5=O)C6=O)CC4)CC3)CC2)c(C2CC2)cc1N. The molecule has 1 atom stereocenters. The van der Waals surface area contributed by atoms with Crippen LogP contribution in [0.4, 0.5) is 17.1 Å². The van der Waals surface area contributed by atoms with Crippen molar-refractivity contribution < 1.29 is 23.9 Å². The van der Waals surface area contributed by atoms with Gasteiger partial charge in [-0.3, -0.25) is 34.3 Å². The minimum atomic E-state index is -0.945. The Hall–Kier alpha value is -4.16. The quantitative estimate of drug-likeness (QED) is 0.316. The lowest BCUT2D eigenvalue weighted by Crippen LogP contribution is -2.54. The topological polar surface area (TPSA) is 132 Å². The number of carbonyl (C=O) groups excluding carboxylic acids is 4. The molecular formula is C38H49N7O5. The average molecular weight is 684 g/mol. The van der Waals surface area contributed by atoms with Crippen LogP contribution in [-0.2, 0) is 9.59 Å². The van der Waals surface area contributed by atoms with Crippen molar-refractivity contribution in [3.8, 4) is 5.75 Å². The number of nitrogens with two attached hydrogens (primary N) is 1. The second-order valence-electron chi connectivity index (χ2n) is 15.1. The van der Waals surface area contributed by atoms with Crippen LogP contribution in [0.2, 0.25) is 0 Å². The number of carbonyl (C=O) groups is 4. The maximum Gasteiger partial charge on any atom is 0.262 e. The Kier molecular flexibility index (Phi) is 8.93. The number of nitrogens with one attached hydrogen (secondary N) is 1. The van der Waals surface area contributed by atoms with Crippen molar-refractivity contribution in [2.75, 3.05) is 81.5 Å². The number of hydrogen-bond acceptors (Lipinski definition) is 10. The minimum absolute atomic E-state index is 0.114. The first-order valence-electron chi connectivity index (χ1n) is 18.6. The number of nitrogens with zero attached hydrogens (tertiary/aromatic N) is 5. The molecule has 0 radical (unpaired) electrons. The van der Waals surface area contributed by atoms with Gasteiger partial charge in [-0.05, 0) is 86.6 Å². The van der Waals surface area contributed by atoms with E-state index in [1.807, 2.05) is 12.1 Å². The van der Waals surface area contributed by atoms with Gasteiger partial charge in [0.15, 0.2) is 0 Å². The van der Waals surface area contributed by atoms with Gasteiger partial charge in [0.05, 0.1) is 23.9 Å². The van der Waals surface area contributed by atoms with E-state index in [4.69, 9.17) is 10.5 Å². The molecule has 12 nitrogen and oxygen atoms in total. The van der Waals surface area contributed by atoms with Gasteiger partial charge in [0.25, 0.3) is 11.8 Å². The van der Waals surface area contributed by atoms with Gasteiger partial charge >= 0.3 is 0 Å². The van der Waals surface area contributed by atoms with E-state index in [0.717, 1.165) is 93.8 Å². The van der Waals surface area contributed by atoms with Gasteiger partial charge in [0, 0.05) is 88.8 Å². The molecule has 0 aromatic heterocycles. The maximum atomic E-state index is 13.3. The Labute approximate surface area is 293 Å². The lowest BCUT2D eigenvalue weighted by molar-refractivity contribution is -0.136. The molecule has 5 fully saturated rings. The molecule has 50 heavy (non-hydrogen) atoms. The van der Waals surface area contributed by atoms with Crippen LogP contribution in [0.5, 0.6) is 5.75 Å². The monoisotopic (exact) mass is 683 g/mol. The van der Waals surface area contributed by atoms with E-state index in [0.29, 0.717) is 29.0 Å². The molecule has 6 aliphatic rings. The summed E-state index contributed by atoms with van der Waals surface area (Å²) in [4.78, 5) is 61.7. The van der Waals surface area contributed by atoms with Gasteiger partial charge in [-0.1, -0.05) is 0 Å². The number of piperidine rings is 3. The fourth-order valence-corrected chi connectivity index (χ4v) is 8.95. The van der Waals surface area contributed by atoms with Crippen LogP contribution in [0, 0.1) is 5.92 Å². The summed E-state index contributed by atoms with van der Waals surface area (Å²) in [5.74, 6) is 0.196. The van der Waals surface area contributed by atoms with Crippen molar-refractivity contribution in [3.05, 3.63) is 47.0 Å². The Bertz CT molecular complexity index is 1670. The molecule has 1 aliphatic carbocycles. The number of hydrogen-bond donors (Lipinski definition) is 2. The highest BCUT2D eigenvalue weighted by atomic mass is 16.5. The second kappa shape index (κ2) is 13.5. The number of nitrogen functional groups attached to an aromatic ring is 1. The van der Waals surface area contributed by atoms with Crippen molar-refractivity contribution in [2.45, 2.75) is 69.4 Å². The Morgan fingerprint density at radius 3 is 2.16 bits per heavy atom. The zero-order valence-corrected chi connectivity index (χ0v) is 29.1. The number of benzene rings is 2. The summed E-state index contributed by atoms with van der Waals surface area (Å²) >= 11 is 0. The van der Waals surface area contributed by atoms with Crippen LogP contribution in [0.15, 0.2) is 30.3 Å². The molecule has 8 rings (SSSR count). The summed E-state index contributed by atoms with van der Waals surface area (Å²) in [5.41, 5.74) is 11.4. The van der Waals surface area contributed by atoms with Gasteiger partial charge in [-0.2, -0.15) is 0 Å². The molecule has 0 bridgehead atoms. The molecule has 5 aliphatic heterocycles. The van der Waals surface area contributed by atoms with Crippen molar-refractivity contribution in [1.29, 1.82) is 0 Å². The molecule has 4 amide bonds. The smallest absolute Gasteiger partial charge is 0.262 e. The van der Waals surface area contributed by atoms with Crippen LogP contribution < -0.4 is 25.6 Å². The lowest BCUT2D eigenvalue weighted by atomic mass is 9.95. The zero-order valence-electron chi connectivity index (χ0n) is 29.1. The van der Waals surface area contributed by atoms with Crippen molar-refractivity contribution in [3.63, 3.8) is 0 Å². The summed E-state index contributed by atoms with van der Waals surface area (Å²) in [6.45, 7) is 9.58. The summed E-state index contributed by atoms with van der Waals surface area (Å²) in [5, 5.41) is 2.26. The second-order valence-corrected chi connectivity index (χ2v) is 15.1. The first kappa shape index (κ1) is 33.0. The minimum Gasteiger partial charge on any atom is -0.495 e. The third-order valence-corrected chi connectivity index (χ3v) is 12.0. The van der Waals surface area contributed by atoms with Gasteiger partial charge in [-0.15, -0.1) is 0 Å². The van der Waals surface area contributed by atoms with Crippen LogP contribution >= 0.6 is 0 Å². The predicted molar refractivity (Wildman–Crippen MR) is 191 cm³/mol. The fourth-order valence-electron chi connectivity index (χ4n) is 8.95. The van der Waals surface area contributed by atoms with Crippen LogP contribution in [0.25, 0.3) is 0 Å². The summed E-state index contributed by atoms with van der Waals surface area (Å²) in [6, 6.07) is 9.46. The number of methoxy groups -OCH3 is 1. The predicted octanol–water partition coefficient (Wildman–Crippen LogP) is 3.06. The van der Waals surface area contributed by atoms with E-state index in [1.54, 1.807) is 13.2 Å². The number of fused-ring (bicyclic) bond motifs is 1. The van der Waals surface area contributed by atoms with Crippen molar-refractivity contribution in [2.24, 2.45) is 5.92 Å². The molecule has 1 saturated carbocycles. The molecule has 4 saturated heterocycles. The first-order chi connectivity index (χ1) is 24.3. The van der Waals surface area contributed by atoms with Crippen LogP contribution in [-0.4, -0.2) is 116 Å². The lowest BCUT2D eigenvalue weighted by Gasteiger charge is -2.44. The van der Waals surface area contributed by atoms with E-state index in [9.17, 15) is 19.2 Å². The molecule has 3 N–H and O–H groups in total. The zero-order chi connectivity index (χ0) is 34.5. The van der Waals surface area contributed by atoms with E-state index in [2.05, 4.69) is 37.0 Å². The van der Waals surface area contributed by atoms with Gasteiger partial charge in [0.2, 0.25) is 11.8 Å². The van der Waals surface area contributed by atoms with Crippen LogP contribution in [0.3, 0.4) is 0 Å². The standard InChI is InChI=1S/C38H49N7O5/c1-50-34-22-33(29(21-31(34)39)25-2-3-25)44-14-10-26(11-15-44)43-18-16-41(17-19-43)23-24-8-12-42(13-9-24)27-4-5-28-30(20-27)38(49)45(37(28)48)32-6-7-35(46)40-36(32)47/h4-5,20-22,24-26,32H,2-3,6-19,23,39H2,1H3,(H,40,46,47).